The van der Waals surface area contributed by atoms with E-state index < -0.39 is 0 Å². The number of nitrogens with zero attached hydrogens (tertiary/aromatic N) is 1. The van der Waals surface area contributed by atoms with Crippen LogP contribution in [0, 0.1) is 6.92 Å². The fraction of sp³-hybridized carbons (Fsp3) is 0.267. The van der Waals surface area contributed by atoms with E-state index in [-0.39, 0.29) is 0 Å². The Kier molecular flexibility index (Phi) is 3.65. The first-order valence-electron chi connectivity index (χ1n) is 6.47. The van der Waals surface area contributed by atoms with Crippen molar-refractivity contribution in [2.24, 2.45) is 0 Å². The van der Waals surface area contributed by atoms with Gasteiger partial charge in [0.25, 0.3) is 0 Å². The van der Waals surface area contributed by atoms with Gasteiger partial charge in [-0.1, -0.05) is 17.7 Å². The lowest BCUT2D eigenvalue weighted by molar-refractivity contribution is 0.171. The number of hydrogen-bond donors (Lipinski definition) is 1. The van der Waals surface area contributed by atoms with Gasteiger partial charge in [0, 0.05) is 18.3 Å². The normalized spacial score (nSPS) is 13.1. The van der Waals surface area contributed by atoms with Gasteiger partial charge in [-0.25, -0.2) is 0 Å². The van der Waals surface area contributed by atoms with Crippen LogP contribution in [0.5, 0.6) is 11.5 Å². The summed E-state index contributed by atoms with van der Waals surface area (Å²) in [7, 11) is 0. The van der Waals surface area contributed by atoms with E-state index in [1.165, 1.54) is 0 Å². The molecule has 0 unspecified atom stereocenters. The molecule has 1 aromatic heterocycles. The predicted molar refractivity (Wildman–Crippen MR) is 78.7 cm³/mol. The average molecular weight is 291 g/mol. The van der Waals surface area contributed by atoms with Gasteiger partial charge in [-0.2, -0.15) is 0 Å². The number of pyridine rings is 1. The van der Waals surface area contributed by atoms with E-state index in [1.54, 1.807) is 6.07 Å². The summed E-state index contributed by atoms with van der Waals surface area (Å²) in [6.45, 7) is 3.75. The second-order valence-corrected chi connectivity index (χ2v) is 5.06. The Morgan fingerprint density at radius 1 is 1.20 bits per heavy atom. The highest BCUT2D eigenvalue weighted by Gasteiger charge is 2.14. The first-order chi connectivity index (χ1) is 9.72. The molecule has 5 heteroatoms. The van der Waals surface area contributed by atoms with Crippen LogP contribution in [0.1, 0.15) is 11.3 Å². The third kappa shape index (κ3) is 2.80. The molecule has 1 aliphatic rings. The Labute approximate surface area is 122 Å². The van der Waals surface area contributed by atoms with Crippen LogP contribution in [0.25, 0.3) is 0 Å². The smallest absolute Gasteiger partial charge is 0.163 e. The molecule has 2 heterocycles. The Morgan fingerprint density at radius 2 is 1.95 bits per heavy atom. The van der Waals surface area contributed by atoms with Crippen LogP contribution in [0.3, 0.4) is 0 Å². The van der Waals surface area contributed by atoms with Gasteiger partial charge in [-0.05, 0) is 18.6 Å². The number of fused-ring (bicyclic) bond motifs is 1. The topological polar surface area (TPSA) is 43.4 Å². The van der Waals surface area contributed by atoms with Crippen LogP contribution >= 0.6 is 11.6 Å². The molecule has 1 aliphatic heterocycles. The number of nitrogens with one attached hydrogen (secondary N) is 1. The van der Waals surface area contributed by atoms with Gasteiger partial charge < -0.3 is 14.8 Å². The van der Waals surface area contributed by atoms with E-state index >= 15 is 0 Å². The minimum atomic E-state index is 0.559. The van der Waals surface area contributed by atoms with Crippen LogP contribution < -0.4 is 14.8 Å². The van der Waals surface area contributed by atoms with E-state index in [9.17, 15) is 0 Å². The summed E-state index contributed by atoms with van der Waals surface area (Å²) in [6, 6.07) is 7.68. The molecule has 0 aliphatic carbocycles. The van der Waals surface area contributed by atoms with Gasteiger partial charge in [0.2, 0.25) is 0 Å². The van der Waals surface area contributed by atoms with Crippen LogP contribution in [-0.4, -0.2) is 18.2 Å². The standard InChI is InChI=1S/C15H15ClN2O2/c1-10-2-3-11(17-8-10)9-18-13-7-15-14(6-12(13)16)19-4-5-20-15/h2-3,6-8,18H,4-5,9H2,1H3. The summed E-state index contributed by atoms with van der Waals surface area (Å²) in [6.07, 6.45) is 1.85. The highest BCUT2D eigenvalue weighted by atomic mass is 35.5. The Balaban J connectivity index is 1.75. The Hall–Kier alpha value is -1.94. The maximum Gasteiger partial charge on any atom is 0.163 e. The van der Waals surface area contributed by atoms with Gasteiger partial charge in [0.15, 0.2) is 11.5 Å². The SMILES string of the molecule is Cc1ccc(CNc2cc3c(cc2Cl)OCCO3)nc1. The molecule has 0 atom stereocenters. The second-order valence-electron chi connectivity index (χ2n) is 4.66. The Bertz CT molecular complexity index is 614. The molecule has 0 saturated carbocycles. The molecule has 3 rings (SSSR count). The number of halogens is 1. The highest BCUT2D eigenvalue weighted by Crippen LogP contribution is 2.38. The van der Waals surface area contributed by atoms with E-state index in [0.717, 1.165) is 22.7 Å². The van der Waals surface area contributed by atoms with Crippen LogP contribution in [0.4, 0.5) is 5.69 Å². The van der Waals surface area contributed by atoms with Crippen molar-refractivity contribution in [2.45, 2.75) is 13.5 Å². The number of anilines is 1. The molecular weight excluding hydrogens is 276 g/mol. The van der Waals surface area contributed by atoms with E-state index in [2.05, 4.69) is 10.3 Å². The first-order valence-corrected chi connectivity index (χ1v) is 6.85. The van der Waals surface area contributed by atoms with Gasteiger partial charge in [-0.15, -0.1) is 0 Å². The van der Waals surface area contributed by atoms with Gasteiger partial charge in [0.05, 0.1) is 22.9 Å². The quantitative estimate of drug-likeness (QED) is 0.940. The third-order valence-corrected chi connectivity index (χ3v) is 3.38. The lowest BCUT2D eigenvalue weighted by Gasteiger charge is -2.20. The number of hydrogen-bond acceptors (Lipinski definition) is 4. The molecule has 0 bridgehead atoms. The number of rotatable bonds is 3. The van der Waals surface area contributed by atoms with Crippen molar-refractivity contribution in [3.63, 3.8) is 0 Å². The van der Waals surface area contributed by atoms with E-state index in [0.29, 0.717) is 30.5 Å². The zero-order valence-corrected chi connectivity index (χ0v) is 11.9. The largest absolute Gasteiger partial charge is 0.486 e. The van der Waals surface area contributed by atoms with Gasteiger partial charge >= 0.3 is 0 Å². The molecule has 1 N–H and O–H groups in total. The van der Waals surface area contributed by atoms with Crippen molar-refractivity contribution in [3.8, 4) is 11.5 Å². The van der Waals surface area contributed by atoms with Crippen molar-refractivity contribution in [3.05, 3.63) is 46.7 Å². The van der Waals surface area contributed by atoms with Gasteiger partial charge in [0.1, 0.15) is 13.2 Å². The van der Waals surface area contributed by atoms with Crippen LogP contribution in [-0.2, 0) is 6.54 Å². The second kappa shape index (κ2) is 5.59. The molecule has 0 saturated heterocycles. The maximum absolute atomic E-state index is 6.23. The zero-order chi connectivity index (χ0) is 13.9. The van der Waals surface area contributed by atoms with Crippen molar-refractivity contribution in [2.75, 3.05) is 18.5 Å². The molecule has 0 radical (unpaired) electrons. The first kappa shape index (κ1) is 13.1. The Morgan fingerprint density at radius 3 is 2.65 bits per heavy atom. The lowest BCUT2D eigenvalue weighted by atomic mass is 10.2. The minimum absolute atomic E-state index is 0.559. The third-order valence-electron chi connectivity index (χ3n) is 3.06. The van der Waals surface area contributed by atoms with E-state index in [1.807, 2.05) is 31.3 Å². The fourth-order valence-electron chi connectivity index (χ4n) is 1.99. The summed E-state index contributed by atoms with van der Waals surface area (Å²) in [5.41, 5.74) is 2.92. The van der Waals surface area contributed by atoms with Crippen molar-refractivity contribution in [1.29, 1.82) is 0 Å². The summed E-state index contributed by atoms with van der Waals surface area (Å²) < 4.78 is 11.0. The maximum atomic E-state index is 6.23. The number of ether oxygens (including phenoxy) is 2. The molecule has 0 spiro atoms. The van der Waals surface area contributed by atoms with Crippen LogP contribution in [0.2, 0.25) is 5.02 Å². The molecule has 104 valence electrons. The fourth-order valence-corrected chi connectivity index (χ4v) is 2.21. The zero-order valence-electron chi connectivity index (χ0n) is 11.1. The summed E-state index contributed by atoms with van der Waals surface area (Å²) in [5, 5.41) is 3.88. The highest BCUT2D eigenvalue weighted by molar-refractivity contribution is 6.33. The van der Waals surface area contributed by atoms with Gasteiger partial charge in [-0.3, -0.25) is 4.98 Å². The number of benzene rings is 1. The molecule has 1 aromatic carbocycles. The lowest BCUT2D eigenvalue weighted by Crippen LogP contribution is -2.15. The van der Waals surface area contributed by atoms with Crippen LogP contribution in [0.15, 0.2) is 30.5 Å². The molecule has 4 nitrogen and oxygen atoms in total. The monoisotopic (exact) mass is 290 g/mol. The number of aromatic nitrogens is 1. The summed E-state index contributed by atoms with van der Waals surface area (Å²) in [5.74, 6) is 1.42. The molecule has 20 heavy (non-hydrogen) atoms. The van der Waals surface area contributed by atoms with Crippen molar-refractivity contribution < 1.29 is 9.47 Å². The van der Waals surface area contributed by atoms with Crippen molar-refractivity contribution >= 4 is 17.3 Å². The molecular formula is C15H15ClN2O2. The predicted octanol–water partition coefficient (Wildman–Crippen LogP) is 3.43. The van der Waals surface area contributed by atoms with Crippen molar-refractivity contribution in [1.82, 2.24) is 4.98 Å². The average Bonchev–Trinajstić information content (AvgIpc) is 2.47. The van der Waals surface area contributed by atoms with E-state index in [4.69, 9.17) is 21.1 Å². The molecule has 0 amide bonds. The summed E-state index contributed by atoms with van der Waals surface area (Å²) >= 11 is 6.23. The number of aryl methyl sites for hydroxylation is 1. The molecule has 0 fully saturated rings. The minimum Gasteiger partial charge on any atom is -0.486 e. The summed E-state index contributed by atoms with van der Waals surface area (Å²) in [4.78, 5) is 4.35. The molecule has 2 aromatic rings.